The molecular weight excluding hydrogens is 296 g/mol. The third-order valence-corrected chi connectivity index (χ3v) is 3.88. The number of nitrogens with zero attached hydrogens (tertiary/aromatic N) is 1. The summed E-state index contributed by atoms with van der Waals surface area (Å²) in [6, 6.07) is 9.33. The Morgan fingerprint density at radius 2 is 1.91 bits per heavy atom. The summed E-state index contributed by atoms with van der Waals surface area (Å²) in [4.78, 5) is 25.2. The van der Waals surface area contributed by atoms with E-state index in [2.05, 4.69) is 5.32 Å². The molecule has 0 radical (unpaired) electrons. The fourth-order valence-corrected chi connectivity index (χ4v) is 2.55. The van der Waals surface area contributed by atoms with Crippen molar-refractivity contribution in [3.8, 4) is 5.75 Å². The van der Waals surface area contributed by atoms with Gasteiger partial charge in [-0.15, -0.1) is 0 Å². The number of rotatable bonds is 6. The van der Waals surface area contributed by atoms with E-state index >= 15 is 0 Å². The molecule has 1 N–H and O–H groups in total. The number of nitrogens with one attached hydrogen (secondary N) is 1. The van der Waals surface area contributed by atoms with Gasteiger partial charge >= 0.3 is 6.09 Å². The van der Waals surface area contributed by atoms with Gasteiger partial charge in [0.05, 0.1) is 6.61 Å². The summed E-state index contributed by atoms with van der Waals surface area (Å²) >= 11 is 0. The van der Waals surface area contributed by atoms with Gasteiger partial charge in [0.25, 0.3) is 5.91 Å². The predicted octanol–water partition coefficient (Wildman–Crippen LogP) is 2.05. The van der Waals surface area contributed by atoms with Gasteiger partial charge in [0, 0.05) is 19.6 Å². The number of amides is 2. The first kappa shape index (κ1) is 17.1. The molecule has 0 aliphatic carbocycles. The van der Waals surface area contributed by atoms with E-state index in [1.54, 1.807) is 6.92 Å². The zero-order valence-electron chi connectivity index (χ0n) is 13.5. The average molecular weight is 320 g/mol. The predicted molar refractivity (Wildman–Crippen MR) is 86.3 cm³/mol. The second-order valence-corrected chi connectivity index (χ2v) is 5.53. The van der Waals surface area contributed by atoms with E-state index in [4.69, 9.17) is 9.47 Å². The van der Waals surface area contributed by atoms with Crippen LogP contribution in [0.2, 0.25) is 0 Å². The van der Waals surface area contributed by atoms with Crippen molar-refractivity contribution in [2.24, 2.45) is 5.92 Å². The first-order chi connectivity index (χ1) is 11.2. The summed E-state index contributed by atoms with van der Waals surface area (Å²) in [6.45, 7) is 4.22. The van der Waals surface area contributed by atoms with Gasteiger partial charge in [-0.3, -0.25) is 4.79 Å². The Balaban J connectivity index is 1.65. The summed E-state index contributed by atoms with van der Waals surface area (Å²) in [6.07, 6.45) is 1.38. The number of alkyl carbamates (subject to hydrolysis) is 1. The quantitative estimate of drug-likeness (QED) is 0.871. The molecule has 2 amide bonds. The van der Waals surface area contributed by atoms with E-state index in [0.717, 1.165) is 12.8 Å². The molecule has 1 aromatic carbocycles. The van der Waals surface area contributed by atoms with E-state index in [0.29, 0.717) is 37.9 Å². The molecule has 1 aromatic rings. The Morgan fingerprint density at radius 1 is 1.22 bits per heavy atom. The molecule has 1 heterocycles. The Morgan fingerprint density at radius 3 is 2.57 bits per heavy atom. The van der Waals surface area contributed by atoms with Crippen molar-refractivity contribution in [3.05, 3.63) is 30.3 Å². The number of piperidine rings is 1. The van der Waals surface area contributed by atoms with Gasteiger partial charge in [0.2, 0.25) is 0 Å². The third kappa shape index (κ3) is 5.81. The molecule has 23 heavy (non-hydrogen) atoms. The highest BCUT2D eigenvalue weighted by Crippen LogP contribution is 2.17. The Hall–Kier alpha value is -2.24. The van der Waals surface area contributed by atoms with Crippen LogP contribution in [0, 0.1) is 5.92 Å². The topological polar surface area (TPSA) is 67.9 Å². The standard InChI is InChI=1S/C17H24N2O4/c1-2-22-17(21)18-12-14-8-10-19(11-9-14)16(20)13-23-15-6-4-3-5-7-15/h3-7,14H,2,8-13H2,1H3,(H,18,21). The number of hydrogen-bond donors (Lipinski definition) is 1. The first-order valence-electron chi connectivity index (χ1n) is 8.05. The summed E-state index contributed by atoms with van der Waals surface area (Å²) in [5.41, 5.74) is 0. The number of ether oxygens (including phenoxy) is 2. The number of carbonyl (C=O) groups is 2. The van der Waals surface area contributed by atoms with Crippen LogP contribution in [0.25, 0.3) is 0 Å². The Kier molecular flexibility index (Phi) is 6.72. The van der Waals surface area contributed by atoms with Gasteiger partial charge in [0.15, 0.2) is 6.61 Å². The number of hydrogen-bond acceptors (Lipinski definition) is 4. The zero-order valence-corrected chi connectivity index (χ0v) is 13.5. The lowest BCUT2D eigenvalue weighted by atomic mass is 9.97. The van der Waals surface area contributed by atoms with Crippen LogP contribution >= 0.6 is 0 Å². The molecule has 0 unspecified atom stereocenters. The molecule has 0 saturated carbocycles. The summed E-state index contributed by atoms with van der Waals surface area (Å²) in [5.74, 6) is 1.10. The average Bonchev–Trinajstić information content (AvgIpc) is 2.59. The Bertz CT molecular complexity index is 499. The minimum absolute atomic E-state index is 0.00524. The van der Waals surface area contributed by atoms with Crippen molar-refractivity contribution in [2.75, 3.05) is 32.8 Å². The van der Waals surface area contributed by atoms with Crippen LogP contribution in [0.15, 0.2) is 30.3 Å². The lowest BCUT2D eigenvalue weighted by Crippen LogP contribution is -2.43. The SMILES string of the molecule is CCOC(=O)NCC1CCN(C(=O)COc2ccccc2)CC1. The molecule has 0 aromatic heterocycles. The van der Waals surface area contributed by atoms with Crippen LogP contribution in [0.5, 0.6) is 5.75 Å². The van der Waals surface area contributed by atoms with Crippen molar-refractivity contribution in [2.45, 2.75) is 19.8 Å². The smallest absolute Gasteiger partial charge is 0.407 e. The number of likely N-dealkylation sites (tertiary alicyclic amines) is 1. The molecule has 2 rings (SSSR count). The third-order valence-electron chi connectivity index (χ3n) is 3.88. The van der Waals surface area contributed by atoms with Crippen LogP contribution in [0.1, 0.15) is 19.8 Å². The van der Waals surface area contributed by atoms with Gasteiger partial charge in [-0.25, -0.2) is 4.79 Å². The van der Waals surface area contributed by atoms with E-state index in [9.17, 15) is 9.59 Å². The highest BCUT2D eigenvalue weighted by atomic mass is 16.5. The second kappa shape index (κ2) is 9.02. The monoisotopic (exact) mass is 320 g/mol. The molecule has 1 fully saturated rings. The minimum atomic E-state index is -0.373. The molecule has 1 aliphatic heterocycles. The molecule has 1 aliphatic rings. The largest absolute Gasteiger partial charge is 0.484 e. The lowest BCUT2D eigenvalue weighted by molar-refractivity contribution is -0.134. The fourth-order valence-electron chi connectivity index (χ4n) is 2.55. The zero-order chi connectivity index (χ0) is 16.5. The fraction of sp³-hybridized carbons (Fsp3) is 0.529. The van der Waals surface area contributed by atoms with Crippen LogP contribution in [0.4, 0.5) is 4.79 Å². The highest BCUT2D eigenvalue weighted by molar-refractivity contribution is 5.77. The van der Waals surface area contributed by atoms with Gasteiger partial charge < -0.3 is 19.7 Å². The van der Waals surface area contributed by atoms with E-state index < -0.39 is 0 Å². The van der Waals surface area contributed by atoms with Crippen LogP contribution in [-0.4, -0.2) is 49.7 Å². The van der Waals surface area contributed by atoms with Gasteiger partial charge in [0.1, 0.15) is 5.75 Å². The maximum Gasteiger partial charge on any atom is 0.407 e. The summed E-state index contributed by atoms with van der Waals surface area (Å²) in [7, 11) is 0. The molecule has 6 heteroatoms. The molecular formula is C17H24N2O4. The van der Waals surface area contributed by atoms with Crippen molar-refractivity contribution in [1.29, 1.82) is 0 Å². The van der Waals surface area contributed by atoms with Crippen LogP contribution < -0.4 is 10.1 Å². The van der Waals surface area contributed by atoms with Crippen molar-refractivity contribution in [3.63, 3.8) is 0 Å². The highest BCUT2D eigenvalue weighted by Gasteiger charge is 2.23. The number of carbonyl (C=O) groups excluding carboxylic acids is 2. The molecule has 126 valence electrons. The molecule has 1 saturated heterocycles. The van der Waals surface area contributed by atoms with Gasteiger partial charge in [-0.05, 0) is 37.8 Å². The minimum Gasteiger partial charge on any atom is -0.484 e. The number of para-hydroxylation sites is 1. The maximum atomic E-state index is 12.1. The molecule has 6 nitrogen and oxygen atoms in total. The molecule has 0 atom stereocenters. The maximum absolute atomic E-state index is 12.1. The summed E-state index contributed by atoms with van der Waals surface area (Å²) < 4.78 is 10.3. The van der Waals surface area contributed by atoms with Crippen molar-refractivity contribution < 1.29 is 19.1 Å². The van der Waals surface area contributed by atoms with E-state index in [-0.39, 0.29) is 18.6 Å². The second-order valence-electron chi connectivity index (χ2n) is 5.53. The van der Waals surface area contributed by atoms with E-state index in [1.165, 1.54) is 0 Å². The normalized spacial score (nSPS) is 15.1. The molecule has 0 spiro atoms. The van der Waals surface area contributed by atoms with Crippen molar-refractivity contribution >= 4 is 12.0 Å². The van der Waals surface area contributed by atoms with Gasteiger partial charge in [-0.1, -0.05) is 18.2 Å². The van der Waals surface area contributed by atoms with Crippen LogP contribution in [0.3, 0.4) is 0 Å². The number of benzene rings is 1. The lowest BCUT2D eigenvalue weighted by Gasteiger charge is -2.32. The summed E-state index contributed by atoms with van der Waals surface area (Å²) in [5, 5.41) is 2.75. The first-order valence-corrected chi connectivity index (χ1v) is 8.05. The van der Waals surface area contributed by atoms with Crippen molar-refractivity contribution in [1.82, 2.24) is 10.2 Å². The van der Waals surface area contributed by atoms with Gasteiger partial charge in [-0.2, -0.15) is 0 Å². The van der Waals surface area contributed by atoms with E-state index in [1.807, 2.05) is 35.2 Å². The van der Waals surface area contributed by atoms with Crippen LogP contribution in [-0.2, 0) is 9.53 Å². The Labute approximate surface area is 136 Å². The molecule has 0 bridgehead atoms.